The van der Waals surface area contributed by atoms with E-state index in [4.69, 9.17) is 9.84 Å². The number of carbonyl (C=O) groups excluding carboxylic acids is 1. The van der Waals surface area contributed by atoms with Crippen molar-refractivity contribution >= 4 is 5.97 Å². The first-order valence-corrected chi connectivity index (χ1v) is 24.2. The third kappa shape index (κ3) is 47.2. The van der Waals surface area contributed by atoms with Gasteiger partial charge in [0.15, 0.2) is 0 Å². The normalized spacial score (nSPS) is 11.7. The summed E-state index contributed by atoms with van der Waals surface area (Å²) in [7, 11) is 0. The fraction of sp³-hybridized carbons (Fsp3) is 0.939. The summed E-state index contributed by atoms with van der Waals surface area (Å²) in [5, 5.41) is 8.81. The van der Waals surface area contributed by atoms with Crippen molar-refractivity contribution in [3.8, 4) is 0 Å². The van der Waals surface area contributed by atoms with E-state index < -0.39 is 0 Å². The van der Waals surface area contributed by atoms with E-state index >= 15 is 0 Å². The van der Waals surface area contributed by atoms with Crippen molar-refractivity contribution in [2.24, 2.45) is 0 Å². The van der Waals surface area contributed by atoms with Crippen molar-refractivity contribution in [2.45, 2.75) is 283 Å². The molecular formula is C49H96O3. The number of aliphatic hydroxyl groups is 1. The molecule has 0 spiro atoms. The molecule has 0 aliphatic carbocycles. The maximum atomic E-state index is 12.0. The molecule has 1 N–H and O–H groups in total. The average molecular weight is 733 g/mol. The second-order valence-electron chi connectivity index (χ2n) is 16.5. The molecule has 310 valence electrons. The van der Waals surface area contributed by atoms with Crippen LogP contribution in [0.25, 0.3) is 0 Å². The Morgan fingerprint density at radius 1 is 0.365 bits per heavy atom. The van der Waals surface area contributed by atoms with Crippen molar-refractivity contribution in [1.82, 2.24) is 0 Å². The van der Waals surface area contributed by atoms with E-state index in [9.17, 15) is 4.79 Å². The van der Waals surface area contributed by atoms with Gasteiger partial charge in [0.25, 0.3) is 0 Å². The first kappa shape index (κ1) is 51.2. The molecule has 3 nitrogen and oxygen atoms in total. The van der Waals surface area contributed by atoms with Crippen molar-refractivity contribution in [3.63, 3.8) is 0 Å². The smallest absolute Gasteiger partial charge is 0.305 e. The van der Waals surface area contributed by atoms with E-state index in [1.165, 1.54) is 250 Å². The topological polar surface area (TPSA) is 46.5 Å². The van der Waals surface area contributed by atoms with Gasteiger partial charge in [-0.05, 0) is 44.9 Å². The number of hydrogen-bond donors (Lipinski definition) is 1. The highest BCUT2D eigenvalue weighted by molar-refractivity contribution is 5.69. The van der Waals surface area contributed by atoms with Crippen LogP contribution in [-0.2, 0) is 9.53 Å². The molecule has 0 rings (SSSR count). The van der Waals surface area contributed by atoms with Gasteiger partial charge in [-0.1, -0.05) is 244 Å². The molecule has 0 radical (unpaired) electrons. The summed E-state index contributed by atoms with van der Waals surface area (Å²) in [6.45, 7) is 3.28. The molecular weight excluding hydrogens is 637 g/mol. The molecule has 3 heteroatoms. The van der Waals surface area contributed by atoms with Crippen LogP contribution in [0.15, 0.2) is 12.2 Å². The summed E-state index contributed by atoms with van der Waals surface area (Å²) in [5.74, 6) is 0.0239. The Kier molecular flexibility index (Phi) is 47.4. The Morgan fingerprint density at radius 3 is 0.962 bits per heavy atom. The van der Waals surface area contributed by atoms with Crippen molar-refractivity contribution < 1.29 is 14.6 Å². The molecule has 0 saturated carbocycles. The van der Waals surface area contributed by atoms with Crippen LogP contribution in [0, 0.1) is 0 Å². The third-order valence-corrected chi connectivity index (χ3v) is 11.2. The molecule has 0 atom stereocenters. The van der Waals surface area contributed by atoms with Gasteiger partial charge in [0.2, 0.25) is 0 Å². The van der Waals surface area contributed by atoms with Crippen molar-refractivity contribution in [3.05, 3.63) is 12.2 Å². The minimum Gasteiger partial charge on any atom is -0.466 e. The van der Waals surface area contributed by atoms with Gasteiger partial charge in [0.05, 0.1) is 6.61 Å². The molecule has 0 unspecified atom stereocenters. The standard InChI is InChI=1S/C49H96O3/c1-2-3-4-5-6-7-8-9-10-11-19-22-25-28-31-34-37-40-43-46-49(51)52-48-45-42-39-36-33-30-27-24-21-18-16-14-12-13-15-17-20-23-26-29-32-35-38-41-44-47-50/h9-10,50H,2-8,11-48H2,1H3. The van der Waals surface area contributed by atoms with E-state index in [1.807, 2.05) is 0 Å². The van der Waals surface area contributed by atoms with Crippen LogP contribution in [0.2, 0.25) is 0 Å². The minimum absolute atomic E-state index is 0.0239. The molecule has 0 fully saturated rings. The zero-order valence-electron chi connectivity index (χ0n) is 35.7. The van der Waals surface area contributed by atoms with Crippen molar-refractivity contribution in [1.29, 1.82) is 0 Å². The van der Waals surface area contributed by atoms with Gasteiger partial charge in [-0.2, -0.15) is 0 Å². The van der Waals surface area contributed by atoms with E-state index in [0.717, 1.165) is 19.3 Å². The quantitative estimate of drug-likeness (QED) is 0.0385. The number of esters is 1. The highest BCUT2D eigenvalue weighted by Gasteiger charge is 2.03. The van der Waals surface area contributed by atoms with E-state index in [1.54, 1.807) is 0 Å². The van der Waals surface area contributed by atoms with Crippen LogP contribution >= 0.6 is 0 Å². The average Bonchev–Trinajstić information content (AvgIpc) is 3.15. The number of allylic oxidation sites excluding steroid dienone is 2. The molecule has 0 aromatic heterocycles. The number of unbranched alkanes of at least 4 members (excludes halogenated alkanes) is 39. The van der Waals surface area contributed by atoms with Crippen LogP contribution < -0.4 is 0 Å². The molecule has 0 aromatic rings. The monoisotopic (exact) mass is 733 g/mol. The number of ether oxygens (including phenoxy) is 1. The van der Waals surface area contributed by atoms with Crippen LogP contribution in [0.4, 0.5) is 0 Å². The van der Waals surface area contributed by atoms with Crippen LogP contribution in [0.1, 0.15) is 283 Å². The fourth-order valence-corrected chi connectivity index (χ4v) is 7.59. The summed E-state index contributed by atoms with van der Waals surface area (Å²) in [5.41, 5.74) is 0. The largest absolute Gasteiger partial charge is 0.466 e. The van der Waals surface area contributed by atoms with Crippen LogP contribution in [0.3, 0.4) is 0 Å². The Morgan fingerprint density at radius 2 is 0.635 bits per heavy atom. The number of hydrogen-bond acceptors (Lipinski definition) is 3. The molecule has 0 bridgehead atoms. The first-order valence-electron chi connectivity index (χ1n) is 24.2. The molecule has 52 heavy (non-hydrogen) atoms. The van der Waals surface area contributed by atoms with Crippen molar-refractivity contribution in [2.75, 3.05) is 13.2 Å². The Balaban J connectivity index is 3.16. The lowest BCUT2D eigenvalue weighted by molar-refractivity contribution is -0.143. The SMILES string of the molecule is CCCCCCCCC=CCCCCCCCCCCCC(=O)OCCCCCCCCCCCCCCCCCCCCCCCCCCCO. The summed E-state index contributed by atoms with van der Waals surface area (Å²) in [4.78, 5) is 12.0. The minimum atomic E-state index is 0.0239. The Bertz CT molecular complexity index is 673. The second-order valence-corrected chi connectivity index (χ2v) is 16.5. The molecule has 0 aliphatic heterocycles. The summed E-state index contributed by atoms with van der Waals surface area (Å²) >= 11 is 0. The molecule has 0 aliphatic rings. The van der Waals surface area contributed by atoms with E-state index in [2.05, 4.69) is 19.1 Å². The van der Waals surface area contributed by atoms with Crippen LogP contribution in [0.5, 0.6) is 0 Å². The highest BCUT2D eigenvalue weighted by Crippen LogP contribution is 2.17. The summed E-state index contributed by atoms with van der Waals surface area (Å²) < 4.78 is 5.49. The summed E-state index contributed by atoms with van der Waals surface area (Å²) in [6, 6.07) is 0. The predicted molar refractivity (Wildman–Crippen MR) is 231 cm³/mol. The lowest BCUT2D eigenvalue weighted by Crippen LogP contribution is -2.05. The Labute approximate surface area is 328 Å². The van der Waals surface area contributed by atoms with Gasteiger partial charge in [-0.15, -0.1) is 0 Å². The fourth-order valence-electron chi connectivity index (χ4n) is 7.59. The maximum absolute atomic E-state index is 12.0. The predicted octanol–water partition coefficient (Wildman–Crippen LogP) is 16.9. The maximum Gasteiger partial charge on any atom is 0.305 e. The molecule has 0 aromatic carbocycles. The van der Waals surface area contributed by atoms with Crippen LogP contribution in [-0.4, -0.2) is 24.3 Å². The third-order valence-electron chi connectivity index (χ3n) is 11.2. The molecule has 0 amide bonds. The van der Waals surface area contributed by atoms with Gasteiger partial charge in [-0.25, -0.2) is 0 Å². The Hall–Kier alpha value is -0.830. The molecule has 0 saturated heterocycles. The van der Waals surface area contributed by atoms with E-state index in [0.29, 0.717) is 19.6 Å². The molecule has 0 heterocycles. The van der Waals surface area contributed by atoms with Gasteiger partial charge in [0.1, 0.15) is 0 Å². The lowest BCUT2D eigenvalue weighted by atomic mass is 10.0. The second kappa shape index (κ2) is 48.2. The van der Waals surface area contributed by atoms with Gasteiger partial charge in [0, 0.05) is 13.0 Å². The summed E-state index contributed by atoms with van der Waals surface area (Å²) in [6.07, 6.45) is 62.0. The van der Waals surface area contributed by atoms with Gasteiger partial charge >= 0.3 is 5.97 Å². The number of aliphatic hydroxyl groups excluding tert-OH is 1. The van der Waals surface area contributed by atoms with E-state index in [-0.39, 0.29) is 5.97 Å². The van der Waals surface area contributed by atoms with Gasteiger partial charge in [-0.3, -0.25) is 4.79 Å². The number of carbonyl (C=O) groups is 1. The highest BCUT2D eigenvalue weighted by atomic mass is 16.5. The van der Waals surface area contributed by atoms with Gasteiger partial charge < -0.3 is 9.84 Å². The number of rotatable bonds is 46. The lowest BCUT2D eigenvalue weighted by Gasteiger charge is -2.06. The zero-order valence-corrected chi connectivity index (χ0v) is 35.7. The zero-order chi connectivity index (χ0) is 37.5. The first-order chi connectivity index (χ1) is 25.8.